The van der Waals surface area contributed by atoms with Crippen molar-refractivity contribution in [2.75, 3.05) is 18.9 Å². The maximum absolute atomic E-state index is 12.6. The van der Waals surface area contributed by atoms with E-state index in [1.165, 1.54) is 11.3 Å². The van der Waals surface area contributed by atoms with E-state index in [2.05, 4.69) is 39.4 Å². The molecule has 2 aromatic heterocycles. The largest absolute Gasteiger partial charge is 0.343 e. The third-order valence-corrected chi connectivity index (χ3v) is 6.81. The molecule has 8 heteroatoms. The zero-order chi connectivity index (χ0) is 26.3. The lowest BCUT2D eigenvalue weighted by molar-refractivity contribution is -0.115. The molecule has 37 heavy (non-hydrogen) atoms. The molecule has 2 N–H and O–H groups in total. The lowest BCUT2D eigenvalue weighted by Crippen LogP contribution is -2.32. The van der Waals surface area contributed by atoms with Crippen molar-refractivity contribution in [1.82, 2.24) is 14.9 Å². The normalized spacial score (nSPS) is 14.2. The monoisotopic (exact) mass is 513 g/mol. The molecule has 3 aromatic rings. The van der Waals surface area contributed by atoms with Crippen LogP contribution in [0.2, 0.25) is 0 Å². The first-order valence-corrected chi connectivity index (χ1v) is 13.3. The maximum atomic E-state index is 12.6. The highest BCUT2D eigenvalue weighted by atomic mass is 32.1. The maximum Gasteiger partial charge on any atom is 0.253 e. The molecule has 190 valence electrons. The predicted octanol–water partition coefficient (Wildman–Crippen LogP) is 5.27. The van der Waals surface area contributed by atoms with Crippen molar-refractivity contribution in [2.24, 2.45) is 4.99 Å². The van der Waals surface area contributed by atoms with Gasteiger partial charge in [-0.25, -0.2) is 4.98 Å². The Balaban J connectivity index is 1.32. The van der Waals surface area contributed by atoms with Gasteiger partial charge in [0.2, 0.25) is 5.91 Å². The van der Waals surface area contributed by atoms with Gasteiger partial charge in [-0.15, -0.1) is 17.3 Å². The number of aromatic nitrogens is 2. The first-order valence-electron chi connectivity index (χ1n) is 12.4. The van der Waals surface area contributed by atoms with Crippen LogP contribution in [0.1, 0.15) is 55.5 Å². The molecular formula is C29H31N5O2S. The zero-order valence-corrected chi connectivity index (χ0v) is 22.2. The van der Waals surface area contributed by atoms with E-state index in [0.717, 1.165) is 48.2 Å². The highest BCUT2D eigenvalue weighted by molar-refractivity contribution is 7.14. The number of rotatable bonds is 9. The summed E-state index contributed by atoms with van der Waals surface area (Å²) in [5.74, 6) is 5.95. The van der Waals surface area contributed by atoms with E-state index in [1.54, 1.807) is 13.1 Å². The Hall–Kier alpha value is -3.96. The van der Waals surface area contributed by atoms with Gasteiger partial charge < -0.3 is 15.2 Å². The number of carbonyl (C=O) groups is 2. The molecule has 1 fully saturated rings. The number of anilines is 1. The lowest BCUT2D eigenvalue weighted by atomic mass is 10.0. The summed E-state index contributed by atoms with van der Waals surface area (Å²) in [6, 6.07) is 9.72. The molecule has 4 rings (SSSR count). The Labute approximate surface area is 221 Å². The van der Waals surface area contributed by atoms with Crippen LogP contribution in [0.4, 0.5) is 5.13 Å². The molecule has 2 heterocycles. The third kappa shape index (κ3) is 6.43. The molecule has 0 radical (unpaired) electrons. The molecule has 1 aliphatic carbocycles. The highest BCUT2D eigenvalue weighted by Crippen LogP contribution is 2.43. The van der Waals surface area contributed by atoms with E-state index in [0.29, 0.717) is 10.7 Å². The number of allylic oxidation sites excluding steroid dienone is 2. The topological polar surface area (TPSA) is 88.4 Å². The fraction of sp³-hybridized carbons (Fsp3) is 0.310. The summed E-state index contributed by atoms with van der Waals surface area (Å²) in [7, 11) is 1.76. The van der Waals surface area contributed by atoms with Crippen LogP contribution in [0, 0.1) is 11.8 Å². The smallest absolute Gasteiger partial charge is 0.253 e. The van der Waals surface area contributed by atoms with Gasteiger partial charge in [-0.2, -0.15) is 0 Å². The number of benzene rings is 1. The first-order chi connectivity index (χ1) is 18.0. The highest BCUT2D eigenvalue weighted by Gasteiger charge is 2.42. The number of amides is 2. The lowest BCUT2D eigenvalue weighted by Gasteiger charge is -2.09. The van der Waals surface area contributed by atoms with Gasteiger partial charge in [0.25, 0.3) is 5.91 Å². The van der Waals surface area contributed by atoms with Crippen molar-refractivity contribution in [1.29, 1.82) is 0 Å². The molecule has 2 amide bonds. The Morgan fingerprint density at radius 3 is 2.84 bits per heavy atom. The molecule has 7 nitrogen and oxygen atoms in total. The number of aliphatic imine (C=N–C) groups is 1. The van der Waals surface area contributed by atoms with Gasteiger partial charge in [-0.05, 0) is 44.4 Å². The number of hydrogen-bond acceptors (Lipinski definition) is 5. The first kappa shape index (κ1) is 26.1. The van der Waals surface area contributed by atoms with E-state index >= 15 is 0 Å². The fourth-order valence-electron chi connectivity index (χ4n) is 3.90. The van der Waals surface area contributed by atoms with E-state index in [9.17, 15) is 9.59 Å². The summed E-state index contributed by atoms with van der Waals surface area (Å²) in [4.78, 5) is 33.9. The summed E-state index contributed by atoms with van der Waals surface area (Å²) in [5, 5.41) is 7.83. The number of nitrogens with zero attached hydrogens (tertiary/aromatic N) is 3. The second-order valence-corrected chi connectivity index (χ2v) is 9.71. The Bertz CT molecular complexity index is 1400. The van der Waals surface area contributed by atoms with E-state index in [-0.39, 0.29) is 23.9 Å². The van der Waals surface area contributed by atoms with E-state index < -0.39 is 0 Å². The number of hydrogen-bond donors (Lipinski definition) is 2. The number of carbonyl (C=O) groups excluding carboxylic acids is 2. The minimum absolute atomic E-state index is 0.143. The zero-order valence-electron chi connectivity index (χ0n) is 21.4. The summed E-state index contributed by atoms with van der Waals surface area (Å²) in [6.07, 6.45) is 11.5. The van der Waals surface area contributed by atoms with Gasteiger partial charge in [0, 0.05) is 42.4 Å². The van der Waals surface area contributed by atoms with Crippen LogP contribution >= 0.6 is 11.3 Å². The molecule has 1 aliphatic rings. The van der Waals surface area contributed by atoms with Crippen LogP contribution in [0.3, 0.4) is 0 Å². The second kappa shape index (κ2) is 11.8. The van der Waals surface area contributed by atoms with E-state index in [4.69, 9.17) is 0 Å². The Morgan fingerprint density at radius 2 is 2.11 bits per heavy atom. The average molecular weight is 514 g/mol. The quantitative estimate of drug-likeness (QED) is 0.302. The third-order valence-electron chi connectivity index (χ3n) is 6.05. The molecular weight excluding hydrogens is 482 g/mol. The molecule has 1 saturated carbocycles. The molecule has 0 spiro atoms. The number of thiazole rings is 1. The van der Waals surface area contributed by atoms with Crippen LogP contribution in [-0.4, -0.2) is 40.7 Å². The number of nitrogens with one attached hydrogen (secondary N) is 2. The molecule has 0 aliphatic heterocycles. The summed E-state index contributed by atoms with van der Waals surface area (Å²) in [5.41, 5.74) is 3.92. The Kier molecular flexibility index (Phi) is 8.36. The van der Waals surface area contributed by atoms with Crippen LogP contribution in [0.5, 0.6) is 0 Å². The molecule has 0 atom stereocenters. The van der Waals surface area contributed by atoms with Crippen molar-refractivity contribution in [3.05, 3.63) is 71.4 Å². The average Bonchev–Trinajstić information content (AvgIpc) is 3.29. The molecule has 0 saturated heterocycles. The Morgan fingerprint density at radius 1 is 1.27 bits per heavy atom. The van der Waals surface area contributed by atoms with Gasteiger partial charge in [0.15, 0.2) is 5.13 Å². The summed E-state index contributed by atoms with van der Waals surface area (Å²) >= 11 is 1.34. The SMILES string of the molecule is C/C=C\C(=NC)c1cccc(-c2csc(NC(=O)CNC(=O)c3ccn(C4(C#CCCC)CC4)c3)n2)c1. The summed E-state index contributed by atoms with van der Waals surface area (Å²) in [6.45, 7) is 3.92. The van der Waals surface area contributed by atoms with Gasteiger partial charge in [-0.1, -0.05) is 37.1 Å². The van der Waals surface area contributed by atoms with Crippen molar-refractivity contribution in [3.63, 3.8) is 0 Å². The van der Waals surface area contributed by atoms with Crippen molar-refractivity contribution < 1.29 is 9.59 Å². The van der Waals surface area contributed by atoms with E-state index in [1.807, 2.05) is 65.7 Å². The predicted molar refractivity (Wildman–Crippen MR) is 150 cm³/mol. The van der Waals surface area contributed by atoms with Gasteiger partial charge in [-0.3, -0.25) is 14.6 Å². The van der Waals surface area contributed by atoms with Crippen LogP contribution in [0.15, 0.2) is 65.3 Å². The molecule has 1 aromatic carbocycles. The van der Waals surface area contributed by atoms with Gasteiger partial charge in [0.1, 0.15) is 5.54 Å². The summed E-state index contributed by atoms with van der Waals surface area (Å²) < 4.78 is 2.02. The van der Waals surface area contributed by atoms with Gasteiger partial charge in [0.05, 0.1) is 23.5 Å². The van der Waals surface area contributed by atoms with Crippen molar-refractivity contribution >= 4 is 34.0 Å². The second-order valence-electron chi connectivity index (χ2n) is 8.85. The minimum Gasteiger partial charge on any atom is -0.343 e. The fourth-order valence-corrected chi connectivity index (χ4v) is 4.64. The molecule has 0 unspecified atom stereocenters. The molecule has 0 bridgehead atoms. The van der Waals surface area contributed by atoms with Crippen molar-refractivity contribution in [3.8, 4) is 23.1 Å². The van der Waals surface area contributed by atoms with Crippen molar-refractivity contribution in [2.45, 2.75) is 45.1 Å². The van der Waals surface area contributed by atoms with Crippen LogP contribution in [-0.2, 0) is 10.3 Å². The number of unbranched alkanes of at least 4 members (excludes halogenated alkanes) is 1. The van der Waals surface area contributed by atoms with Gasteiger partial charge >= 0.3 is 0 Å². The van der Waals surface area contributed by atoms with Crippen LogP contribution < -0.4 is 10.6 Å². The standard InChI is InChI=1S/C29H31N5O2S/c1-4-6-7-13-29(14-15-29)34-16-12-23(19-34)27(36)31-18-26(35)33-28-32-25(20-37-28)22-11-8-10-21(17-22)24(30-3)9-5-2/h5,8-12,16-17,19-20H,4,6,14-15,18H2,1-3H3,(H,31,36)(H,32,33,35)/b9-5-,30-24?. The van der Waals surface area contributed by atoms with Crippen LogP contribution in [0.25, 0.3) is 11.3 Å². The minimum atomic E-state index is -0.333.